The summed E-state index contributed by atoms with van der Waals surface area (Å²) in [6.07, 6.45) is -0.0917. The predicted molar refractivity (Wildman–Crippen MR) is 121 cm³/mol. The highest BCUT2D eigenvalue weighted by atomic mass is 35.5. The largest absolute Gasteiger partial charge is 0.468 e. The molecule has 1 heterocycles. The molecule has 0 bridgehead atoms. The maximum atomic E-state index is 13.4. The molecule has 3 amide bonds. The van der Waals surface area contributed by atoms with Crippen LogP contribution < -0.4 is 4.90 Å². The van der Waals surface area contributed by atoms with Crippen LogP contribution in [0.2, 0.25) is 10.0 Å². The molecule has 10 heteroatoms. The van der Waals surface area contributed by atoms with E-state index in [1.165, 1.54) is 31.4 Å². The van der Waals surface area contributed by atoms with Crippen LogP contribution in [0.1, 0.15) is 12.5 Å². The van der Waals surface area contributed by atoms with Crippen LogP contribution in [0.3, 0.4) is 0 Å². The molecule has 0 saturated carbocycles. The summed E-state index contributed by atoms with van der Waals surface area (Å²) in [5, 5.41) is 6.30. The molecule has 0 saturated heterocycles. The molecular formula is C22H19Cl2N3O5. The second-order valence-electron chi connectivity index (χ2n) is 6.98. The highest BCUT2D eigenvalue weighted by Crippen LogP contribution is 2.34. The number of carbonyl (C=O) groups excluding carboxylic acids is 3. The van der Waals surface area contributed by atoms with Gasteiger partial charge in [0, 0.05) is 10.0 Å². The number of amides is 3. The normalized spacial score (nSPS) is 17.4. The Morgan fingerprint density at radius 1 is 1.09 bits per heavy atom. The number of hydrogen-bond acceptors (Lipinski definition) is 6. The van der Waals surface area contributed by atoms with Gasteiger partial charge in [-0.25, -0.2) is 14.6 Å². The number of ether oxygens (including phenoxy) is 2. The molecule has 1 aliphatic heterocycles. The number of carbonyl (C=O) groups is 3. The lowest BCUT2D eigenvalue weighted by Gasteiger charge is -2.26. The number of halogens is 2. The number of nitrogens with zero attached hydrogens (tertiary/aromatic N) is 3. The van der Waals surface area contributed by atoms with Gasteiger partial charge in [0.15, 0.2) is 0 Å². The Morgan fingerprint density at radius 2 is 1.66 bits per heavy atom. The first-order valence-corrected chi connectivity index (χ1v) is 10.1. The van der Waals surface area contributed by atoms with Gasteiger partial charge in [-0.2, -0.15) is 10.0 Å². The number of esters is 1. The number of urea groups is 1. The van der Waals surface area contributed by atoms with E-state index in [1.807, 2.05) is 0 Å². The molecule has 8 nitrogen and oxygen atoms in total. The van der Waals surface area contributed by atoms with E-state index in [1.54, 1.807) is 31.2 Å². The van der Waals surface area contributed by atoms with E-state index in [2.05, 4.69) is 11.7 Å². The van der Waals surface area contributed by atoms with Crippen molar-refractivity contribution < 1.29 is 23.9 Å². The third-order valence-corrected chi connectivity index (χ3v) is 5.33. The predicted octanol–water partition coefficient (Wildman–Crippen LogP) is 5.10. The molecule has 0 N–H and O–H groups in total. The van der Waals surface area contributed by atoms with E-state index in [0.717, 1.165) is 16.2 Å². The summed E-state index contributed by atoms with van der Waals surface area (Å²) in [7, 11) is 1.25. The molecule has 2 aromatic rings. The fraction of sp³-hybridized carbons (Fsp3) is 0.182. The monoisotopic (exact) mass is 475 g/mol. The van der Waals surface area contributed by atoms with Gasteiger partial charge < -0.3 is 9.47 Å². The second-order valence-corrected chi connectivity index (χ2v) is 7.85. The number of rotatable bonds is 4. The average Bonchev–Trinajstić information content (AvgIpc) is 3.14. The van der Waals surface area contributed by atoms with E-state index in [-0.39, 0.29) is 12.2 Å². The van der Waals surface area contributed by atoms with E-state index in [0.29, 0.717) is 21.3 Å². The van der Waals surface area contributed by atoms with Crippen LogP contribution in [-0.2, 0) is 14.3 Å². The van der Waals surface area contributed by atoms with E-state index in [9.17, 15) is 14.4 Å². The number of methoxy groups -OCH3 is 1. The number of imide groups is 1. The highest BCUT2D eigenvalue weighted by Gasteiger charge is 2.49. The first kappa shape index (κ1) is 23.3. The van der Waals surface area contributed by atoms with Gasteiger partial charge in [-0.15, -0.1) is 0 Å². The lowest BCUT2D eigenvalue weighted by molar-refractivity contribution is -0.147. The third kappa shape index (κ3) is 4.46. The molecule has 0 aromatic heterocycles. The van der Waals surface area contributed by atoms with Crippen LogP contribution >= 0.6 is 23.2 Å². The second kappa shape index (κ2) is 9.42. The maximum absolute atomic E-state index is 13.4. The number of anilines is 1. The van der Waals surface area contributed by atoms with Crippen molar-refractivity contribution in [1.29, 1.82) is 0 Å². The number of hydrogen-bond donors (Lipinski definition) is 0. The average molecular weight is 476 g/mol. The maximum Gasteiger partial charge on any atom is 0.427 e. The van der Waals surface area contributed by atoms with Gasteiger partial charge in [-0.05, 0) is 48.9 Å². The van der Waals surface area contributed by atoms with Crippen molar-refractivity contribution in [3.05, 3.63) is 77.0 Å². The lowest BCUT2D eigenvalue weighted by Crippen LogP contribution is -2.47. The molecule has 0 fully saturated rings. The molecule has 0 spiro atoms. The molecule has 2 aromatic carbocycles. The van der Waals surface area contributed by atoms with E-state index < -0.39 is 23.5 Å². The zero-order valence-electron chi connectivity index (χ0n) is 17.2. The molecule has 0 aliphatic carbocycles. The van der Waals surface area contributed by atoms with Crippen molar-refractivity contribution in [3.8, 4) is 0 Å². The van der Waals surface area contributed by atoms with Crippen molar-refractivity contribution in [3.63, 3.8) is 0 Å². The fourth-order valence-electron chi connectivity index (χ4n) is 3.25. The molecule has 32 heavy (non-hydrogen) atoms. The Kier molecular flexibility index (Phi) is 6.86. The Morgan fingerprint density at radius 3 is 2.19 bits per heavy atom. The molecule has 1 atom stereocenters. The lowest BCUT2D eigenvalue weighted by atomic mass is 9.82. The SMILES string of the molecule is C=COC(=O)N(C(=O)N1CC(C)(C(=O)OC)C(c2ccc(Cl)cc2)=N1)c1ccc(Cl)cc1. The minimum atomic E-state index is -1.29. The van der Waals surface area contributed by atoms with Crippen LogP contribution in [0.5, 0.6) is 0 Å². The summed E-state index contributed by atoms with van der Waals surface area (Å²) in [6, 6.07) is 11.8. The summed E-state index contributed by atoms with van der Waals surface area (Å²) in [4.78, 5) is 39.4. The summed E-state index contributed by atoms with van der Waals surface area (Å²) in [6.45, 7) is 4.79. The van der Waals surface area contributed by atoms with Gasteiger partial charge in [-0.3, -0.25) is 4.79 Å². The van der Waals surface area contributed by atoms with Crippen molar-refractivity contribution in [2.24, 2.45) is 10.5 Å². The van der Waals surface area contributed by atoms with E-state index in [4.69, 9.17) is 32.7 Å². The zero-order chi connectivity index (χ0) is 23.5. The topological polar surface area (TPSA) is 88.5 Å². The van der Waals surface area contributed by atoms with Crippen LogP contribution in [-0.4, -0.2) is 42.5 Å². The Hall–Kier alpha value is -3.36. The first-order valence-electron chi connectivity index (χ1n) is 9.33. The minimum absolute atomic E-state index is 0.165. The number of benzene rings is 2. The quantitative estimate of drug-likeness (QED) is 0.453. The molecular weight excluding hydrogens is 457 g/mol. The highest BCUT2D eigenvalue weighted by molar-refractivity contribution is 6.31. The van der Waals surface area contributed by atoms with Crippen LogP contribution in [0.4, 0.5) is 15.3 Å². The van der Waals surface area contributed by atoms with Gasteiger partial charge in [0.25, 0.3) is 0 Å². The minimum Gasteiger partial charge on any atom is -0.468 e. The molecule has 166 valence electrons. The first-order chi connectivity index (χ1) is 15.2. The molecule has 1 aliphatic rings. The fourth-order valence-corrected chi connectivity index (χ4v) is 3.50. The summed E-state index contributed by atoms with van der Waals surface area (Å²) in [5.41, 5.74) is -0.223. The van der Waals surface area contributed by atoms with Crippen LogP contribution in [0.25, 0.3) is 0 Å². The van der Waals surface area contributed by atoms with Crippen molar-refractivity contribution >= 4 is 52.7 Å². The van der Waals surface area contributed by atoms with Gasteiger partial charge >= 0.3 is 18.1 Å². The van der Waals surface area contributed by atoms with Gasteiger partial charge in [0.2, 0.25) is 0 Å². The van der Waals surface area contributed by atoms with Gasteiger partial charge in [0.05, 0.1) is 31.3 Å². The van der Waals surface area contributed by atoms with E-state index >= 15 is 0 Å². The summed E-state index contributed by atoms with van der Waals surface area (Å²) in [5.74, 6) is -0.590. The molecule has 3 rings (SSSR count). The third-order valence-electron chi connectivity index (χ3n) is 4.83. The van der Waals surface area contributed by atoms with Crippen LogP contribution in [0.15, 0.2) is 66.5 Å². The van der Waals surface area contributed by atoms with Crippen molar-refractivity contribution in [2.45, 2.75) is 6.92 Å². The summed E-state index contributed by atoms with van der Waals surface area (Å²) >= 11 is 11.9. The van der Waals surface area contributed by atoms with Crippen molar-refractivity contribution in [2.75, 3.05) is 18.6 Å². The zero-order valence-corrected chi connectivity index (χ0v) is 18.8. The van der Waals surface area contributed by atoms with Crippen molar-refractivity contribution in [1.82, 2.24) is 5.01 Å². The van der Waals surface area contributed by atoms with Gasteiger partial charge in [0.1, 0.15) is 5.41 Å². The Bertz CT molecular complexity index is 1090. The molecule has 0 radical (unpaired) electrons. The Labute approximate surface area is 194 Å². The number of hydrazone groups is 1. The Balaban J connectivity index is 2.05. The summed E-state index contributed by atoms with van der Waals surface area (Å²) < 4.78 is 9.80. The molecule has 1 unspecified atom stereocenters. The van der Waals surface area contributed by atoms with Gasteiger partial charge in [-0.1, -0.05) is 41.9 Å². The standard InChI is InChI=1S/C22H19Cl2N3O5/c1-4-32-21(30)27(17-11-9-16(24)10-12-17)20(29)26-13-22(2,19(28)31-3)18(25-26)14-5-7-15(23)8-6-14/h4-12H,1,13H2,2-3H3. The smallest absolute Gasteiger partial charge is 0.427 e. The van der Waals surface area contributed by atoms with Crippen LogP contribution in [0, 0.1) is 5.41 Å².